The van der Waals surface area contributed by atoms with E-state index in [0.29, 0.717) is 25.7 Å². The van der Waals surface area contributed by atoms with E-state index in [4.69, 9.17) is 37.0 Å². The van der Waals surface area contributed by atoms with E-state index in [2.05, 4.69) is 76.3 Å². The van der Waals surface area contributed by atoms with E-state index in [1.54, 1.807) is 0 Å². The molecule has 5 atom stereocenters. The molecular weight excluding hydrogens is 1210 g/mol. The van der Waals surface area contributed by atoms with Gasteiger partial charge in [0, 0.05) is 25.7 Å². The Morgan fingerprint density at radius 3 is 0.891 bits per heavy atom. The summed E-state index contributed by atoms with van der Waals surface area (Å²) in [7, 11) is -9.93. The molecule has 0 aromatic carbocycles. The molecule has 538 valence electrons. The van der Waals surface area contributed by atoms with Crippen molar-refractivity contribution in [2.45, 2.75) is 354 Å². The molecule has 0 saturated carbocycles. The first-order valence-electron chi connectivity index (χ1n) is 36.9. The van der Waals surface area contributed by atoms with E-state index in [9.17, 15) is 43.2 Å². The Morgan fingerprint density at radius 1 is 0.304 bits per heavy atom. The average Bonchev–Trinajstić information content (AvgIpc) is 1.82. The molecule has 0 aliphatic carbocycles. The van der Waals surface area contributed by atoms with E-state index in [1.165, 1.54) is 109 Å². The number of hydrogen-bond donors (Lipinski definition) is 3. The molecule has 92 heavy (non-hydrogen) atoms. The van der Waals surface area contributed by atoms with Crippen LogP contribution in [-0.4, -0.2) is 96.7 Å². The fourth-order valence-corrected chi connectivity index (χ4v) is 11.6. The fraction of sp³-hybridized carbons (Fsp3) is 0.836. The SMILES string of the molecule is CCC/C=C\C/C=C\CCCCCCCC(=O)OC(COC(=O)CCCCCCC/C=C\CCCCCCCC)COP(=O)(O)OCC(O)COP(=O)(O)OCC(COC(=O)CCCCCCCCCCCCCCC)OC(=O)CCCCCCC/C=C\CCCC. The van der Waals surface area contributed by atoms with Crippen LogP contribution in [0.25, 0.3) is 0 Å². The van der Waals surface area contributed by atoms with Gasteiger partial charge in [-0.1, -0.05) is 263 Å². The Labute approximate surface area is 559 Å². The molecule has 0 aliphatic heterocycles. The summed E-state index contributed by atoms with van der Waals surface area (Å²) in [6.07, 6.45) is 61.1. The molecule has 0 rings (SSSR count). The van der Waals surface area contributed by atoms with E-state index in [-0.39, 0.29) is 25.7 Å². The summed E-state index contributed by atoms with van der Waals surface area (Å²) < 4.78 is 68.3. The van der Waals surface area contributed by atoms with E-state index in [1.807, 2.05) is 0 Å². The number of phosphoric acid groups is 2. The highest BCUT2D eigenvalue weighted by Crippen LogP contribution is 2.45. The van der Waals surface area contributed by atoms with Gasteiger partial charge in [0.25, 0.3) is 0 Å². The van der Waals surface area contributed by atoms with Crippen molar-refractivity contribution in [1.29, 1.82) is 0 Å². The van der Waals surface area contributed by atoms with Crippen LogP contribution in [0.5, 0.6) is 0 Å². The number of allylic oxidation sites excluding steroid dienone is 8. The molecule has 0 fully saturated rings. The predicted molar refractivity (Wildman–Crippen MR) is 372 cm³/mol. The van der Waals surface area contributed by atoms with Gasteiger partial charge in [0.2, 0.25) is 0 Å². The van der Waals surface area contributed by atoms with Crippen molar-refractivity contribution in [3.8, 4) is 0 Å². The van der Waals surface area contributed by atoms with E-state index in [0.717, 1.165) is 148 Å². The number of hydrogen-bond acceptors (Lipinski definition) is 15. The van der Waals surface area contributed by atoms with Crippen LogP contribution < -0.4 is 0 Å². The summed E-state index contributed by atoms with van der Waals surface area (Å²) >= 11 is 0. The first-order valence-corrected chi connectivity index (χ1v) is 39.9. The maximum atomic E-state index is 13.0. The molecule has 17 nitrogen and oxygen atoms in total. The third kappa shape index (κ3) is 65.7. The number of carbonyl (C=O) groups excluding carboxylic acids is 4. The summed E-state index contributed by atoms with van der Waals surface area (Å²) in [5, 5.41) is 10.6. The largest absolute Gasteiger partial charge is 0.472 e. The normalized spacial score (nSPS) is 14.3. The van der Waals surface area contributed by atoms with Gasteiger partial charge in [-0.3, -0.25) is 37.3 Å². The van der Waals surface area contributed by atoms with Gasteiger partial charge in [-0.15, -0.1) is 0 Å². The lowest BCUT2D eigenvalue weighted by molar-refractivity contribution is -0.161. The Kier molecular flexibility index (Phi) is 64.5. The van der Waals surface area contributed by atoms with Crippen molar-refractivity contribution in [3.05, 3.63) is 48.6 Å². The Balaban J connectivity index is 5.30. The average molecular weight is 1350 g/mol. The van der Waals surface area contributed by atoms with E-state index < -0.39 is 97.5 Å². The highest BCUT2D eigenvalue weighted by atomic mass is 31.2. The molecule has 0 aromatic heterocycles. The summed E-state index contributed by atoms with van der Waals surface area (Å²) in [6.45, 7) is 4.77. The molecule has 0 saturated heterocycles. The summed E-state index contributed by atoms with van der Waals surface area (Å²) in [4.78, 5) is 72.6. The second-order valence-corrected chi connectivity index (χ2v) is 27.8. The summed E-state index contributed by atoms with van der Waals surface area (Å²) in [6, 6.07) is 0. The molecule has 3 N–H and O–H groups in total. The number of ether oxygens (including phenoxy) is 4. The third-order valence-electron chi connectivity index (χ3n) is 15.7. The number of rotatable bonds is 70. The zero-order valence-electron chi connectivity index (χ0n) is 58.5. The van der Waals surface area contributed by atoms with Crippen LogP contribution in [-0.2, 0) is 65.4 Å². The number of carbonyl (C=O) groups is 4. The van der Waals surface area contributed by atoms with Crippen LogP contribution >= 0.6 is 15.6 Å². The minimum Gasteiger partial charge on any atom is -0.462 e. The topological polar surface area (TPSA) is 237 Å². The minimum atomic E-state index is -4.97. The van der Waals surface area contributed by atoms with Crippen molar-refractivity contribution in [1.82, 2.24) is 0 Å². The number of aliphatic hydroxyl groups excluding tert-OH is 1. The van der Waals surface area contributed by atoms with Crippen molar-refractivity contribution in [2.75, 3.05) is 39.6 Å². The van der Waals surface area contributed by atoms with E-state index >= 15 is 0 Å². The Bertz CT molecular complexity index is 1940. The van der Waals surface area contributed by atoms with Gasteiger partial charge in [0.1, 0.15) is 19.3 Å². The summed E-state index contributed by atoms with van der Waals surface area (Å²) in [5.74, 6) is -2.18. The maximum absolute atomic E-state index is 13.0. The lowest BCUT2D eigenvalue weighted by atomic mass is 10.0. The monoisotopic (exact) mass is 1340 g/mol. The lowest BCUT2D eigenvalue weighted by Crippen LogP contribution is -2.30. The van der Waals surface area contributed by atoms with Crippen LogP contribution in [0.3, 0.4) is 0 Å². The molecule has 5 unspecified atom stereocenters. The third-order valence-corrected chi connectivity index (χ3v) is 17.6. The molecule has 0 heterocycles. The van der Waals surface area contributed by atoms with Crippen LogP contribution in [0.15, 0.2) is 48.6 Å². The van der Waals surface area contributed by atoms with Crippen molar-refractivity contribution in [3.63, 3.8) is 0 Å². The molecule has 19 heteroatoms. The van der Waals surface area contributed by atoms with Gasteiger partial charge in [-0.2, -0.15) is 0 Å². The highest BCUT2D eigenvalue weighted by molar-refractivity contribution is 7.47. The number of aliphatic hydroxyl groups is 1. The Morgan fingerprint density at radius 2 is 0.565 bits per heavy atom. The predicted octanol–water partition coefficient (Wildman–Crippen LogP) is 20.6. The standard InChI is InChI=1S/C73H134O17P2/c1-5-9-13-17-21-25-29-32-33-36-39-42-46-50-54-58-71(76)84-64-69(90-73(78)60-56-52-48-44-40-35-31-27-23-19-15-11-7-3)66-88-92(81,82)86-62-67(74)61-85-91(79,80)87-65-68(89-72(77)59-55-51-47-43-37-28-24-20-16-12-8-4)63-83-70(75)57-53-49-45-41-38-34-30-26-22-18-14-10-6-2/h15,19-20,24,27,31-33,67-69,74H,5-14,16-18,21-23,25-26,28-30,34-66H2,1-4H3,(H,79,80)(H,81,82)/b19-15-,24-20-,31-27-,33-32-. The van der Waals surface area contributed by atoms with Gasteiger partial charge >= 0.3 is 39.5 Å². The molecular formula is C73H134O17P2. The zero-order valence-corrected chi connectivity index (χ0v) is 60.3. The number of unbranched alkanes of at least 4 members (excludes halogenated alkanes) is 36. The minimum absolute atomic E-state index is 0.0815. The second-order valence-electron chi connectivity index (χ2n) is 24.9. The summed E-state index contributed by atoms with van der Waals surface area (Å²) in [5.41, 5.74) is 0. The van der Waals surface area contributed by atoms with Crippen molar-refractivity contribution in [2.24, 2.45) is 0 Å². The van der Waals surface area contributed by atoms with Crippen molar-refractivity contribution >= 4 is 39.5 Å². The molecule has 0 spiro atoms. The molecule has 0 amide bonds. The van der Waals surface area contributed by atoms with Crippen LogP contribution in [0.1, 0.15) is 336 Å². The maximum Gasteiger partial charge on any atom is 0.472 e. The fourth-order valence-electron chi connectivity index (χ4n) is 10.1. The smallest absolute Gasteiger partial charge is 0.462 e. The van der Waals surface area contributed by atoms with Crippen LogP contribution in [0, 0.1) is 0 Å². The second kappa shape index (κ2) is 66.6. The van der Waals surface area contributed by atoms with Gasteiger partial charge in [0.05, 0.1) is 26.4 Å². The zero-order chi connectivity index (χ0) is 67.5. The lowest BCUT2D eigenvalue weighted by Gasteiger charge is -2.21. The molecule has 0 aromatic rings. The first-order chi connectivity index (χ1) is 44.7. The quantitative estimate of drug-likeness (QED) is 0.0169. The molecule has 0 aliphatic rings. The van der Waals surface area contributed by atoms with Crippen molar-refractivity contribution < 1.29 is 80.2 Å². The van der Waals surface area contributed by atoms with Gasteiger partial charge in [0.15, 0.2) is 12.2 Å². The van der Waals surface area contributed by atoms with Crippen LogP contribution in [0.2, 0.25) is 0 Å². The van der Waals surface area contributed by atoms with Gasteiger partial charge in [-0.05, 0) is 96.3 Å². The van der Waals surface area contributed by atoms with Crippen LogP contribution in [0.4, 0.5) is 0 Å². The first kappa shape index (κ1) is 89.0. The highest BCUT2D eigenvalue weighted by Gasteiger charge is 2.30. The van der Waals surface area contributed by atoms with Gasteiger partial charge in [-0.25, -0.2) is 9.13 Å². The van der Waals surface area contributed by atoms with Gasteiger partial charge < -0.3 is 33.8 Å². The Hall–Kier alpha value is -2.98. The molecule has 0 radical (unpaired) electrons. The number of phosphoric ester groups is 2. The number of esters is 4. The molecule has 0 bridgehead atoms.